The lowest BCUT2D eigenvalue weighted by Gasteiger charge is -2.21. The molecule has 0 spiro atoms. The van der Waals surface area contributed by atoms with Gasteiger partial charge >= 0.3 is 0 Å². The molecule has 1 atom stereocenters. The molecule has 1 aliphatic rings. The number of methoxy groups -OCH3 is 1. The minimum absolute atomic E-state index is 0.294. The minimum atomic E-state index is 0.294. The molecule has 5 heteroatoms. The molecule has 1 fully saturated rings. The summed E-state index contributed by atoms with van der Waals surface area (Å²) >= 11 is 6.39. The monoisotopic (exact) mass is 313 g/mol. The van der Waals surface area contributed by atoms with Crippen LogP contribution in [-0.4, -0.2) is 30.0 Å². The minimum Gasteiger partial charge on any atom is -0.383 e. The first kappa shape index (κ1) is 16.8. The number of ether oxygens (including phenoxy) is 1. The largest absolute Gasteiger partial charge is 0.383 e. The van der Waals surface area contributed by atoms with E-state index in [0.29, 0.717) is 12.6 Å². The van der Waals surface area contributed by atoms with Crippen LogP contribution in [0.5, 0.6) is 0 Å². The fourth-order valence-corrected chi connectivity index (χ4v) is 3.63. The van der Waals surface area contributed by atoms with Gasteiger partial charge in [0, 0.05) is 7.11 Å². The Labute approximate surface area is 133 Å². The maximum absolute atomic E-state index is 6.39. The summed E-state index contributed by atoms with van der Waals surface area (Å²) < 4.78 is 7.16. The number of halogens is 1. The van der Waals surface area contributed by atoms with Crippen LogP contribution < -0.4 is 5.32 Å². The number of hydrogen-bond acceptors (Lipinski definition) is 3. The van der Waals surface area contributed by atoms with Gasteiger partial charge < -0.3 is 10.1 Å². The van der Waals surface area contributed by atoms with Gasteiger partial charge in [0.2, 0.25) is 0 Å². The van der Waals surface area contributed by atoms with Crippen molar-refractivity contribution in [2.24, 2.45) is 5.92 Å². The van der Waals surface area contributed by atoms with Crippen LogP contribution in [0.2, 0.25) is 5.02 Å². The van der Waals surface area contributed by atoms with Crippen LogP contribution >= 0.6 is 11.6 Å². The van der Waals surface area contributed by atoms with E-state index in [2.05, 4.69) is 17.3 Å². The van der Waals surface area contributed by atoms with Crippen LogP contribution in [0.1, 0.15) is 57.2 Å². The Morgan fingerprint density at radius 3 is 2.90 bits per heavy atom. The van der Waals surface area contributed by atoms with E-state index in [9.17, 15) is 0 Å². The molecule has 4 nitrogen and oxygen atoms in total. The van der Waals surface area contributed by atoms with Gasteiger partial charge in [0.05, 0.1) is 36.1 Å². The van der Waals surface area contributed by atoms with Crippen LogP contribution in [0.3, 0.4) is 0 Å². The highest BCUT2D eigenvalue weighted by molar-refractivity contribution is 6.31. The van der Waals surface area contributed by atoms with Gasteiger partial charge in [-0.15, -0.1) is 0 Å². The average molecular weight is 314 g/mol. The summed E-state index contributed by atoms with van der Waals surface area (Å²) in [6.07, 6.45) is 9.78. The Morgan fingerprint density at radius 1 is 1.48 bits per heavy atom. The van der Waals surface area contributed by atoms with E-state index in [1.165, 1.54) is 32.1 Å². The highest BCUT2D eigenvalue weighted by Gasteiger charge is 2.22. The molecule has 1 unspecified atom stereocenters. The lowest BCUT2D eigenvalue weighted by molar-refractivity contribution is 0.181. The van der Waals surface area contributed by atoms with Gasteiger partial charge in [0.15, 0.2) is 0 Å². The second-order valence-electron chi connectivity index (χ2n) is 5.93. The number of aromatic nitrogens is 2. The Kier molecular flexibility index (Phi) is 7.00. The van der Waals surface area contributed by atoms with Gasteiger partial charge in [-0.25, -0.2) is 0 Å². The van der Waals surface area contributed by atoms with Crippen molar-refractivity contribution in [2.75, 3.05) is 20.3 Å². The van der Waals surface area contributed by atoms with E-state index >= 15 is 0 Å². The van der Waals surface area contributed by atoms with Gasteiger partial charge in [-0.05, 0) is 25.3 Å². The van der Waals surface area contributed by atoms with Crippen LogP contribution in [0, 0.1) is 5.92 Å². The number of nitrogens with one attached hydrogen (secondary N) is 1. The Hall–Kier alpha value is -0.580. The molecule has 1 aliphatic carbocycles. The summed E-state index contributed by atoms with van der Waals surface area (Å²) in [7, 11) is 1.71. The average Bonchev–Trinajstić information content (AvgIpc) is 3.11. The van der Waals surface area contributed by atoms with Crippen molar-refractivity contribution in [3.8, 4) is 0 Å². The second kappa shape index (κ2) is 8.76. The van der Waals surface area contributed by atoms with Crippen LogP contribution in [0.25, 0.3) is 0 Å². The van der Waals surface area contributed by atoms with Gasteiger partial charge in [0.25, 0.3) is 0 Å². The quantitative estimate of drug-likeness (QED) is 0.753. The third kappa shape index (κ3) is 4.70. The molecule has 21 heavy (non-hydrogen) atoms. The molecule has 1 N–H and O–H groups in total. The first-order chi connectivity index (χ1) is 10.3. The van der Waals surface area contributed by atoms with E-state index in [4.69, 9.17) is 16.3 Å². The lowest BCUT2D eigenvalue weighted by atomic mass is 9.97. The molecule has 0 bridgehead atoms. The fourth-order valence-electron chi connectivity index (χ4n) is 3.36. The molecule has 0 aliphatic heterocycles. The Morgan fingerprint density at radius 2 is 2.24 bits per heavy atom. The molecule has 1 saturated carbocycles. The zero-order chi connectivity index (χ0) is 15.1. The third-order valence-electron chi connectivity index (χ3n) is 4.46. The van der Waals surface area contributed by atoms with E-state index in [1.807, 2.05) is 4.68 Å². The summed E-state index contributed by atoms with van der Waals surface area (Å²) in [6, 6.07) is 0.294. The molecular formula is C16H28ClN3O. The SMILES string of the molecule is CCNC(CCC1CCCC1)c1c(Cl)cnn1CCOC. The standard InChI is InChI=1S/C16H28ClN3O/c1-3-18-15(9-8-13-6-4-5-7-13)16-14(17)12-19-20(16)10-11-21-2/h12-13,15,18H,3-11H2,1-2H3. The summed E-state index contributed by atoms with van der Waals surface area (Å²) in [4.78, 5) is 0. The molecule has 1 aromatic heterocycles. The predicted octanol–water partition coefficient (Wildman–Crippen LogP) is 3.80. The topological polar surface area (TPSA) is 39.1 Å². The Balaban J connectivity index is 2.03. The summed E-state index contributed by atoms with van der Waals surface area (Å²) in [6.45, 7) is 4.50. The molecule has 0 saturated heterocycles. The van der Waals surface area contributed by atoms with Crippen molar-refractivity contribution in [3.63, 3.8) is 0 Å². The predicted molar refractivity (Wildman–Crippen MR) is 86.7 cm³/mol. The van der Waals surface area contributed by atoms with E-state index in [0.717, 1.165) is 36.1 Å². The highest BCUT2D eigenvalue weighted by Crippen LogP contribution is 2.33. The van der Waals surface area contributed by atoms with Crippen LogP contribution in [0.4, 0.5) is 0 Å². The Bertz CT molecular complexity index is 416. The van der Waals surface area contributed by atoms with Crippen molar-refractivity contribution in [3.05, 3.63) is 16.9 Å². The van der Waals surface area contributed by atoms with E-state index in [1.54, 1.807) is 13.3 Å². The number of rotatable bonds is 9. The van der Waals surface area contributed by atoms with Crippen molar-refractivity contribution in [1.82, 2.24) is 15.1 Å². The smallest absolute Gasteiger partial charge is 0.0834 e. The second-order valence-corrected chi connectivity index (χ2v) is 6.34. The van der Waals surface area contributed by atoms with Gasteiger partial charge in [0.1, 0.15) is 0 Å². The molecule has 2 rings (SSSR count). The number of hydrogen-bond donors (Lipinski definition) is 1. The van der Waals surface area contributed by atoms with Gasteiger partial charge in [-0.3, -0.25) is 4.68 Å². The molecule has 120 valence electrons. The first-order valence-corrected chi connectivity index (χ1v) is 8.57. The third-order valence-corrected chi connectivity index (χ3v) is 4.75. The van der Waals surface area contributed by atoms with E-state index in [-0.39, 0.29) is 0 Å². The molecule has 1 heterocycles. The van der Waals surface area contributed by atoms with Crippen molar-refractivity contribution in [1.29, 1.82) is 0 Å². The van der Waals surface area contributed by atoms with Crippen molar-refractivity contribution >= 4 is 11.6 Å². The van der Waals surface area contributed by atoms with E-state index < -0.39 is 0 Å². The molecule has 0 amide bonds. The molecule has 0 aromatic carbocycles. The van der Waals surface area contributed by atoms with Gasteiger partial charge in [-0.1, -0.05) is 44.2 Å². The van der Waals surface area contributed by atoms with Crippen molar-refractivity contribution in [2.45, 2.75) is 58.0 Å². The fraction of sp³-hybridized carbons (Fsp3) is 0.812. The molecular weight excluding hydrogens is 286 g/mol. The summed E-state index contributed by atoms with van der Waals surface area (Å²) in [5, 5.41) is 8.75. The highest BCUT2D eigenvalue weighted by atomic mass is 35.5. The first-order valence-electron chi connectivity index (χ1n) is 8.19. The zero-order valence-electron chi connectivity index (χ0n) is 13.3. The summed E-state index contributed by atoms with van der Waals surface area (Å²) in [5.41, 5.74) is 1.12. The van der Waals surface area contributed by atoms with Crippen molar-refractivity contribution < 1.29 is 4.74 Å². The van der Waals surface area contributed by atoms with Crippen LogP contribution in [-0.2, 0) is 11.3 Å². The molecule has 0 radical (unpaired) electrons. The zero-order valence-corrected chi connectivity index (χ0v) is 14.0. The maximum Gasteiger partial charge on any atom is 0.0834 e. The lowest BCUT2D eigenvalue weighted by Crippen LogP contribution is -2.25. The summed E-state index contributed by atoms with van der Waals surface area (Å²) in [5.74, 6) is 0.903. The van der Waals surface area contributed by atoms with Gasteiger partial charge in [-0.2, -0.15) is 5.10 Å². The number of nitrogens with zero attached hydrogens (tertiary/aromatic N) is 2. The van der Waals surface area contributed by atoms with Crippen LogP contribution in [0.15, 0.2) is 6.20 Å². The molecule has 1 aromatic rings. The maximum atomic E-state index is 6.39. The normalized spacial score (nSPS) is 17.5.